The van der Waals surface area contributed by atoms with Gasteiger partial charge in [-0.15, -0.1) is 10.2 Å². The highest BCUT2D eigenvalue weighted by atomic mass is 32.2. The molecule has 1 aromatic heterocycles. The first-order chi connectivity index (χ1) is 13.3. The maximum absolute atomic E-state index is 12.1. The highest BCUT2D eigenvalue weighted by Gasteiger charge is 2.12. The summed E-state index contributed by atoms with van der Waals surface area (Å²) >= 11 is 2.95. The summed E-state index contributed by atoms with van der Waals surface area (Å²) in [4.78, 5) is 12.1. The van der Waals surface area contributed by atoms with Gasteiger partial charge in [0.25, 0.3) is 0 Å². The molecule has 4 rings (SSSR count). The smallest absolute Gasteiger partial charge is 0.250 e. The Balaban J connectivity index is 1.31. The van der Waals surface area contributed by atoms with E-state index >= 15 is 0 Å². The van der Waals surface area contributed by atoms with E-state index in [9.17, 15) is 4.79 Å². The molecule has 2 heterocycles. The first-order valence-electron chi connectivity index (χ1n) is 8.15. The molecule has 0 atom stereocenters. The van der Waals surface area contributed by atoms with Gasteiger partial charge in [-0.25, -0.2) is 0 Å². The number of fused-ring (bicyclic) bond motifs is 1. The zero-order chi connectivity index (χ0) is 18.5. The van der Waals surface area contributed by atoms with Gasteiger partial charge in [-0.1, -0.05) is 59.5 Å². The number of nitrogens with zero attached hydrogens (tertiary/aromatic N) is 2. The molecule has 8 heteroatoms. The number of hydrogen-bond acceptors (Lipinski definition) is 7. The molecule has 136 valence electrons. The molecule has 0 aliphatic carbocycles. The topological polar surface area (TPSA) is 73.3 Å². The Morgan fingerprint density at radius 2 is 2.00 bits per heavy atom. The summed E-state index contributed by atoms with van der Waals surface area (Å²) in [7, 11) is 0. The lowest BCUT2D eigenvalue weighted by atomic mass is 10.2. The molecule has 0 saturated heterocycles. The van der Waals surface area contributed by atoms with Crippen LogP contribution in [0.15, 0.2) is 58.9 Å². The maximum atomic E-state index is 12.1. The van der Waals surface area contributed by atoms with E-state index in [2.05, 4.69) is 27.6 Å². The van der Waals surface area contributed by atoms with Crippen molar-refractivity contribution in [2.75, 3.05) is 12.1 Å². The molecule has 1 aliphatic rings. The largest absolute Gasteiger partial charge is 0.454 e. The number of carbonyl (C=O) groups is 1. The Bertz CT molecular complexity index is 973. The lowest BCUT2D eigenvalue weighted by Gasteiger charge is -1.98. The lowest BCUT2D eigenvalue weighted by Crippen LogP contribution is -2.07. The van der Waals surface area contributed by atoms with Crippen molar-refractivity contribution in [3.8, 4) is 11.5 Å². The van der Waals surface area contributed by atoms with E-state index in [-0.39, 0.29) is 12.7 Å². The van der Waals surface area contributed by atoms with Crippen LogP contribution in [0.4, 0.5) is 5.13 Å². The van der Waals surface area contributed by atoms with Crippen molar-refractivity contribution in [3.05, 3.63) is 65.7 Å². The summed E-state index contributed by atoms with van der Waals surface area (Å²) in [5, 5.41) is 11.3. The summed E-state index contributed by atoms with van der Waals surface area (Å²) in [5.41, 5.74) is 2.07. The molecule has 1 N–H and O–H groups in total. The fourth-order valence-electron chi connectivity index (χ4n) is 2.37. The Morgan fingerprint density at radius 3 is 2.89 bits per heavy atom. The molecule has 1 aliphatic heterocycles. The predicted molar refractivity (Wildman–Crippen MR) is 106 cm³/mol. The zero-order valence-corrected chi connectivity index (χ0v) is 15.8. The first-order valence-corrected chi connectivity index (χ1v) is 9.95. The number of ether oxygens (including phenoxy) is 2. The molecule has 0 saturated carbocycles. The molecule has 0 spiro atoms. The summed E-state index contributed by atoms with van der Waals surface area (Å²) in [5.74, 6) is 1.95. The number of thioether (sulfide) groups is 1. The number of aromatic nitrogens is 2. The third kappa shape index (κ3) is 4.66. The van der Waals surface area contributed by atoms with Crippen LogP contribution < -0.4 is 14.8 Å². The minimum atomic E-state index is -0.261. The van der Waals surface area contributed by atoms with Gasteiger partial charge in [0.15, 0.2) is 15.8 Å². The van der Waals surface area contributed by atoms with Crippen LogP contribution in [0.25, 0.3) is 6.08 Å². The van der Waals surface area contributed by atoms with Crippen molar-refractivity contribution >= 4 is 40.2 Å². The second-order valence-electron chi connectivity index (χ2n) is 5.58. The lowest BCUT2D eigenvalue weighted by molar-refractivity contribution is -0.111. The highest BCUT2D eigenvalue weighted by Crippen LogP contribution is 2.33. The van der Waals surface area contributed by atoms with Crippen molar-refractivity contribution in [1.82, 2.24) is 10.2 Å². The van der Waals surface area contributed by atoms with Crippen molar-refractivity contribution in [2.45, 2.75) is 10.1 Å². The van der Waals surface area contributed by atoms with E-state index in [0.29, 0.717) is 16.6 Å². The molecule has 1 amide bonds. The normalized spacial score (nSPS) is 12.4. The second-order valence-corrected chi connectivity index (χ2v) is 7.78. The fraction of sp³-hybridized carbons (Fsp3) is 0.105. The summed E-state index contributed by atoms with van der Waals surface area (Å²) in [6.07, 6.45) is 3.17. The van der Waals surface area contributed by atoms with E-state index in [4.69, 9.17) is 9.47 Å². The van der Waals surface area contributed by atoms with Gasteiger partial charge in [-0.05, 0) is 29.3 Å². The third-order valence-corrected chi connectivity index (χ3v) is 5.71. The zero-order valence-electron chi connectivity index (χ0n) is 14.1. The number of nitrogens with one attached hydrogen (secondary N) is 1. The van der Waals surface area contributed by atoms with E-state index in [1.54, 1.807) is 17.8 Å². The Morgan fingerprint density at radius 1 is 1.15 bits per heavy atom. The summed E-state index contributed by atoms with van der Waals surface area (Å²) in [6, 6.07) is 15.7. The molecule has 2 aromatic carbocycles. The third-order valence-electron chi connectivity index (χ3n) is 3.67. The monoisotopic (exact) mass is 397 g/mol. The van der Waals surface area contributed by atoms with Crippen LogP contribution in [0.5, 0.6) is 11.5 Å². The molecule has 0 fully saturated rings. The van der Waals surface area contributed by atoms with Gasteiger partial charge >= 0.3 is 0 Å². The number of carbonyl (C=O) groups excluding carboxylic acids is 1. The van der Waals surface area contributed by atoms with Crippen LogP contribution in [-0.2, 0) is 10.5 Å². The molecule has 0 bridgehead atoms. The molecular formula is C19H15N3O3S2. The number of amides is 1. The van der Waals surface area contributed by atoms with Crippen molar-refractivity contribution in [3.63, 3.8) is 0 Å². The predicted octanol–water partition coefficient (Wildman–Crippen LogP) is 4.21. The van der Waals surface area contributed by atoms with Crippen LogP contribution in [0.2, 0.25) is 0 Å². The number of rotatable bonds is 6. The van der Waals surface area contributed by atoms with Gasteiger partial charge in [0.05, 0.1) is 0 Å². The Kier molecular flexibility index (Phi) is 5.36. The van der Waals surface area contributed by atoms with E-state index in [0.717, 1.165) is 15.7 Å². The first kappa shape index (κ1) is 17.6. The SMILES string of the molecule is O=C(/C=C/c1ccc2c(c1)OCO2)Nc1nnc(SCc2ccccc2)s1. The molecule has 6 nitrogen and oxygen atoms in total. The van der Waals surface area contributed by atoms with Gasteiger partial charge in [-0.3, -0.25) is 10.1 Å². The molecule has 0 unspecified atom stereocenters. The summed E-state index contributed by atoms with van der Waals surface area (Å²) in [6.45, 7) is 0.227. The van der Waals surface area contributed by atoms with Crippen molar-refractivity contribution in [1.29, 1.82) is 0 Å². The van der Waals surface area contributed by atoms with Crippen LogP contribution >= 0.6 is 23.1 Å². The minimum absolute atomic E-state index is 0.227. The van der Waals surface area contributed by atoms with Crippen LogP contribution in [0.3, 0.4) is 0 Å². The minimum Gasteiger partial charge on any atom is -0.454 e. The molecular weight excluding hydrogens is 382 g/mol. The van der Waals surface area contributed by atoms with Crippen LogP contribution in [0.1, 0.15) is 11.1 Å². The van der Waals surface area contributed by atoms with Gasteiger partial charge in [0.1, 0.15) is 0 Å². The standard InChI is InChI=1S/C19H15N3O3S2/c23-17(9-7-13-6-8-15-16(10-13)25-12-24-15)20-18-21-22-19(27-18)26-11-14-4-2-1-3-5-14/h1-10H,11-12H2,(H,20,21,23)/b9-7+. The number of hydrogen-bond donors (Lipinski definition) is 1. The van der Waals surface area contributed by atoms with Gasteiger partial charge in [0.2, 0.25) is 17.8 Å². The van der Waals surface area contributed by atoms with Crippen molar-refractivity contribution < 1.29 is 14.3 Å². The van der Waals surface area contributed by atoms with Crippen LogP contribution in [-0.4, -0.2) is 22.9 Å². The Labute approximate surface area is 164 Å². The second kappa shape index (κ2) is 8.24. The summed E-state index contributed by atoms with van der Waals surface area (Å²) < 4.78 is 11.4. The molecule has 27 heavy (non-hydrogen) atoms. The average molecular weight is 397 g/mol. The van der Waals surface area contributed by atoms with Crippen molar-refractivity contribution in [2.24, 2.45) is 0 Å². The van der Waals surface area contributed by atoms with Gasteiger partial charge < -0.3 is 9.47 Å². The maximum Gasteiger partial charge on any atom is 0.250 e. The Hall–Kier alpha value is -2.84. The quantitative estimate of drug-likeness (QED) is 0.382. The van der Waals surface area contributed by atoms with Gasteiger partial charge in [-0.2, -0.15) is 0 Å². The molecule has 3 aromatic rings. The average Bonchev–Trinajstić information content (AvgIpc) is 3.34. The molecule has 0 radical (unpaired) electrons. The number of anilines is 1. The van der Waals surface area contributed by atoms with E-state index in [1.165, 1.54) is 23.0 Å². The van der Waals surface area contributed by atoms with Gasteiger partial charge in [0, 0.05) is 11.8 Å². The van der Waals surface area contributed by atoms with Crippen LogP contribution in [0, 0.1) is 0 Å². The van der Waals surface area contributed by atoms with E-state index < -0.39 is 0 Å². The van der Waals surface area contributed by atoms with E-state index in [1.807, 2.05) is 36.4 Å². The highest BCUT2D eigenvalue weighted by molar-refractivity contribution is 8.00. The number of benzene rings is 2. The fourth-order valence-corrected chi connectivity index (χ4v) is 4.08.